The Hall–Kier alpha value is -2.49. The van der Waals surface area contributed by atoms with E-state index in [2.05, 4.69) is 37.5 Å². The molecule has 0 unspecified atom stereocenters. The van der Waals surface area contributed by atoms with Crippen LogP contribution >= 0.6 is 0 Å². The Bertz CT molecular complexity index is 733. The summed E-state index contributed by atoms with van der Waals surface area (Å²) >= 11 is 0. The lowest BCUT2D eigenvalue weighted by atomic mass is 9.84. The van der Waals surface area contributed by atoms with E-state index in [1.165, 1.54) is 0 Å². The molecule has 4 nitrogen and oxygen atoms in total. The number of anilines is 1. The maximum absolute atomic E-state index is 12.3. The zero-order chi connectivity index (χ0) is 18.4. The number of rotatable bonds is 5. The molecule has 134 valence electrons. The van der Waals surface area contributed by atoms with Gasteiger partial charge >= 0.3 is 6.03 Å². The van der Waals surface area contributed by atoms with Gasteiger partial charge in [-0.25, -0.2) is 4.79 Å². The van der Waals surface area contributed by atoms with Crippen LogP contribution in [0.2, 0.25) is 0 Å². The number of ether oxygens (including phenoxy) is 1. The van der Waals surface area contributed by atoms with E-state index in [1.54, 1.807) is 7.11 Å². The van der Waals surface area contributed by atoms with Gasteiger partial charge in [-0.3, -0.25) is 0 Å². The molecule has 0 saturated carbocycles. The van der Waals surface area contributed by atoms with E-state index in [0.29, 0.717) is 6.54 Å². The third-order valence-electron chi connectivity index (χ3n) is 4.15. The number of hydrogen-bond acceptors (Lipinski definition) is 2. The molecule has 2 aromatic rings. The van der Waals surface area contributed by atoms with Gasteiger partial charge in [0, 0.05) is 12.2 Å². The summed E-state index contributed by atoms with van der Waals surface area (Å²) in [6, 6.07) is 13.8. The van der Waals surface area contributed by atoms with Crippen molar-refractivity contribution in [2.75, 3.05) is 19.0 Å². The Morgan fingerprint density at radius 1 is 1.12 bits per heavy atom. The SMILES string of the molecule is COc1cccc(CCNC(=O)Nc2c(C)cccc2C(C)(C)C)c1. The summed E-state index contributed by atoms with van der Waals surface area (Å²) in [4.78, 5) is 12.3. The number of urea groups is 1. The van der Waals surface area contributed by atoms with E-state index >= 15 is 0 Å². The van der Waals surface area contributed by atoms with Gasteiger partial charge in [0.05, 0.1) is 7.11 Å². The maximum atomic E-state index is 12.3. The maximum Gasteiger partial charge on any atom is 0.319 e. The van der Waals surface area contributed by atoms with Crippen LogP contribution in [-0.2, 0) is 11.8 Å². The summed E-state index contributed by atoms with van der Waals surface area (Å²) in [6.07, 6.45) is 0.754. The highest BCUT2D eigenvalue weighted by Crippen LogP contribution is 2.31. The Morgan fingerprint density at radius 3 is 2.52 bits per heavy atom. The number of carbonyl (C=O) groups excluding carboxylic acids is 1. The molecule has 2 N–H and O–H groups in total. The van der Waals surface area contributed by atoms with Gasteiger partial charge in [-0.05, 0) is 47.6 Å². The van der Waals surface area contributed by atoms with Crippen molar-refractivity contribution in [2.24, 2.45) is 0 Å². The molecule has 0 heterocycles. The highest BCUT2D eigenvalue weighted by molar-refractivity contribution is 5.91. The monoisotopic (exact) mass is 340 g/mol. The molecule has 0 saturated heterocycles. The van der Waals surface area contributed by atoms with Gasteiger partial charge in [0.25, 0.3) is 0 Å². The highest BCUT2D eigenvalue weighted by Gasteiger charge is 2.20. The first-order valence-corrected chi connectivity index (χ1v) is 8.59. The number of para-hydroxylation sites is 1. The summed E-state index contributed by atoms with van der Waals surface area (Å²) in [5, 5.41) is 5.95. The first-order chi connectivity index (χ1) is 11.8. The van der Waals surface area contributed by atoms with E-state index in [0.717, 1.165) is 34.5 Å². The Balaban J connectivity index is 1.97. The van der Waals surface area contributed by atoms with E-state index in [4.69, 9.17) is 4.74 Å². The largest absolute Gasteiger partial charge is 0.497 e. The van der Waals surface area contributed by atoms with E-state index in [-0.39, 0.29) is 11.4 Å². The first kappa shape index (κ1) is 18.8. The van der Waals surface area contributed by atoms with Crippen molar-refractivity contribution < 1.29 is 9.53 Å². The van der Waals surface area contributed by atoms with Crippen molar-refractivity contribution in [3.8, 4) is 5.75 Å². The smallest absolute Gasteiger partial charge is 0.319 e. The van der Waals surface area contributed by atoms with Crippen molar-refractivity contribution in [3.05, 3.63) is 59.2 Å². The van der Waals surface area contributed by atoms with E-state index < -0.39 is 0 Å². The minimum absolute atomic E-state index is 0.0325. The molecule has 0 fully saturated rings. The minimum atomic E-state index is -0.178. The summed E-state index contributed by atoms with van der Waals surface area (Å²) in [6.45, 7) is 9.02. The summed E-state index contributed by atoms with van der Waals surface area (Å²) in [5.74, 6) is 0.830. The van der Waals surface area contributed by atoms with Crippen LogP contribution < -0.4 is 15.4 Å². The van der Waals surface area contributed by atoms with Crippen molar-refractivity contribution in [1.82, 2.24) is 5.32 Å². The zero-order valence-corrected chi connectivity index (χ0v) is 15.8. The third kappa shape index (κ3) is 5.24. The number of carbonyl (C=O) groups is 1. The molecule has 2 amide bonds. The van der Waals surface area contributed by atoms with Crippen LogP contribution in [0.15, 0.2) is 42.5 Å². The molecule has 4 heteroatoms. The van der Waals surface area contributed by atoms with Gasteiger partial charge in [-0.2, -0.15) is 0 Å². The summed E-state index contributed by atoms with van der Waals surface area (Å²) < 4.78 is 5.22. The van der Waals surface area contributed by atoms with Gasteiger partial charge in [-0.1, -0.05) is 51.1 Å². The Kier molecular flexibility index (Phi) is 6.07. The Labute approximate surface area is 150 Å². The molecule has 0 bridgehead atoms. The molecule has 0 aliphatic heterocycles. The molecule has 0 aromatic heterocycles. The van der Waals surface area contributed by atoms with Gasteiger partial charge in [0.15, 0.2) is 0 Å². The lowest BCUT2D eigenvalue weighted by Crippen LogP contribution is -2.31. The number of amides is 2. The van der Waals surface area contributed by atoms with Crippen LogP contribution in [0, 0.1) is 6.92 Å². The topological polar surface area (TPSA) is 50.4 Å². The van der Waals surface area contributed by atoms with Crippen LogP contribution in [0.4, 0.5) is 10.5 Å². The van der Waals surface area contributed by atoms with Gasteiger partial charge in [0.1, 0.15) is 5.75 Å². The van der Waals surface area contributed by atoms with Crippen molar-refractivity contribution in [1.29, 1.82) is 0 Å². The van der Waals surface area contributed by atoms with Crippen LogP contribution in [0.5, 0.6) is 5.75 Å². The van der Waals surface area contributed by atoms with Gasteiger partial charge < -0.3 is 15.4 Å². The number of hydrogen-bond donors (Lipinski definition) is 2. The van der Waals surface area contributed by atoms with Crippen molar-refractivity contribution in [2.45, 2.75) is 39.5 Å². The van der Waals surface area contributed by atoms with Gasteiger partial charge in [0.2, 0.25) is 0 Å². The number of aryl methyl sites for hydroxylation is 1. The molecule has 0 radical (unpaired) electrons. The molecule has 0 aliphatic rings. The summed E-state index contributed by atoms with van der Waals surface area (Å²) in [7, 11) is 1.65. The predicted octanol–water partition coefficient (Wildman–Crippen LogP) is 4.67. The normalized spacial score (nSPS) is 11.1. The summed E-state index contributed by atoms with van der Waals surface area (Å²) in [5.41, 5.74) is 4.19. The second kappa shape index (κ2) is 8.06. The van der Waals surface area contributed by atoms with Crippen molar-refractivity contribution >= 4 is 11.7 Å². The Morgan fingerprint density at radius 2 is 1.84 bits per heavy atom. The van der Waals surface area contributed by atoms with Gasteiger partial charge in [-0.15, -0.1) is 0 Å². The fraction of sp³-hybridized carbons (Fsp3) is 0.381. The molecular formula is C21H28N2O2. The van der Waals surface area contributed by atoms with E-state index in [9.17, 15) is 4.79 Å². The predicted molar refractivity (Wildman–Crippen MR) is 104 cm³/mol. The highest BCUT2D eigenvalue weighted by atomic mass is 16.5. The second-order valence-electron chi connectivity index (χ2n) is 7.23. The average molecular weight is 340 g/mol. The molecule has 2 aromatic carbocycles. The van der Waals surface area contributed by atoms with Crippen LogP contribution in [0.25, 0.3) is 0 Å². The number of methoxy groups -OCH3 is 1. The molecule has 25 heavy (non-hydrogen) atoms. The number of benzene rings is 2. The second-order valence-corrected chi connectivity index (χ2v) is 7.23. The first-order valence-electron chi connectivity index (χ1n) is 8.59. The fourth-order valence-electron chi connectivity index (χ4n) is 2.76. The van der Waals surface area contributed by atoms with E-state index in [1.807, 2.05) is 43.3 Å². The molecule has 2 rings (SSSR count). The van der Waals surface area contributed by atoms with Crippen LogP contribution in [-0.4, -0.2) is 19.7 Å². The molecular weight excluding hydrogens is 312 g/mol. The third-order valence-corrected chi connectivity index (χ3v) is 4.15. The standard InChI is InChI=1S/C21H28N2O2/c1-15-8-6-11-18(21(2,3)4)19(15)23-20(24)22-13-12-16-9-7-10-17(14-16)25-5/h6-11,14H,12-13H2,1-5H3,(H2,22,23,24). The molecule has 0 aliphatic carbocycles. The number of nitrogens with one attached hydrogen (secondary N) is 2. The van der Waals surface area contributed by atoms with Crippen LogP contribution in [0.3, 0.4) is 0 Å². The van der Waals surface area contributed by atoms with Crippen LogP contribution in [0.1, 0.15) is 37.5 Å². The zero-order valence-electron chi connectivity index (χ0n) is 15.8. The average Bonchev–Trinajstić information content (AvgIpc) is 2.56. The fourth-order valence-corrected chi connectivity index (χ4v) is 2.76. The minimum Gasteiger partial charge on any atom is -0.497 e. The lowest BCUT2D eigenvalue weighted by molar-refractivity contribution is 0.252. The molecule has 0 atom stereocenters. The quantitative estimate of drug-likeness (QED) is 0.831. The molecule has 0 spiro atoms. The lowest BCUT2D eigenvalue weighted by Gasteiger charge is -2.24. The van der Waals surface area contributed by atoms with Crippen molar-refractivity contribution in [3.63, 3.8) is 0 Å².